The van der Waals surface area contributed by atoms with Crippen LogP contribution in [-0.4, -0.2) is 41.7 Å². The lowest BCUT2D eigenvalue weighted by atomic mass is 9.90. The fraction of sp³-hybridized carbons (Fsp3) is 0.462. The lowest BCUT2D eigenvalue weighted by Crippen LogP contribution is -2.63. The Balaban J connectivity index is 2.23. The Kier molecular flexibility index (Phi) is 4.27. The molecule has 0 bridgehead atoms. The van der Waals surface area contributed by atoms with E-state index in [0.29, 0.717) is 35.8 Å². The number of hydrogen-bond donors (Lipinski definition) is 1. The van der Waals surface area contributed by atoms with E-state index in [1.165, 1.54) is 7.11 Å². The molecule has 1 saturated heterocycles. The molecule has 0 spiro atoms. The van der Waals surface area contributed by atoms with E-state index in [4.69, 9.17) is 16.3 Å². The summed E-state index contributed by atoms with van der Waals surface area (Å²) < 4.78 is 6.06. The predicted molar refractivity (Wildman–Crippen MR) is 81.9 cm³/mol. The molecule has 0 aromatic heterocycles. The second kappa shape index (κ2) is 5.46. The molecule has 0 radical (unpaired) electrons. The zero-order valence-corrected chi connectivity index (χ0v) is 13.7. The highest BCUT2D eigenvalue weighted by molar-refractivity contribution is 14.1. The number of methoxy groups -OCH3 is 1. The average Bonchev–Trinajstić information content (AvgIpc) is 2.36. The minimum absolute atomic E-state index is 0.159. The first-order valence-electron chi connectivity index (χ1n) is 5.95. The first kappa shape index (κ1) is 14.9. The molecule has 1 N–H and O–H groups in total. The van der Waals surface area contributed by atoms with Crippen LogP contribution in [0.2, 0.25) is 5.02 Å². The van der Waals surface area contributed by atoms with Crippen LogP contribution in [0.15, 0.2) is 12.1 Å². The largest absolute Gasteiger partial charge is 0.496 e. The molecule has 1 fully saturated rings. The van der Waals surface area contributed by atoms with Crippen LogP contribution >= 0.6 is 34.2 Å². The first-order valence-corrected chi connectivity index (χ1v) is 7.40. The van der Waals surface area contributed by atoms with Gasteiger partial charge < -0.3 is 14.7 Å². The Morgan fingerprint density at radius 3 is 2.74 bits per heavy atom. The normalized spacial score (nSPS) is 17.0. The molecule has 19 heavy (non-hydrogen) atoms. The predicted octanol–water partition coefficient (Wildman–Crippen LogP) is 2.55. The summed E-state index contributed by atoms with van der Waals surface area (Å²) in [5.74, 6) is 0.346. The van der Waals surface area contributed by atoms with Gasteiger partial charge in [-0.3, -0.25) is 4.79 Å². The highest BCUT2D eigenvalue weighted by atomic mass is 127. The quantitative estimate of drug-likeness (QED) is 0.800. The molecule has 104 valence electrons. The van der Waals surface area contributed by atoms with Gasteiger partial charge in [0.2, 0.25) is 0 Å². The van der Waals surface area contributed by atoms with Crippen LogP contribution in [0.3, 0.4) is 0 Å². The summed E-state index contributed by atoms with van der Waals surface area (Å²) in [6.07, 6.45) is 0.640. The summed E-state index contributed by atoms with van der Waals surface area (Å²) in [5.41, 5.74) is -0.304. The van der Waals surface area contributed by atoms with Crippen molar-refractivity contribution >= 4 is 40.1 Å². The lowest BCUT2D eigenvalue weighted by molar-refractivity contribution is -0.0827. The van der Waals surface area contributed by atoms with Crippen molar-refractivity contribution in [3.05, 3.63) is 26.3 Å². The summed E-state index contributed by atoms with van der Waals surface area (Å²) in [4.78, 5) is 13.9. The molecular weight excluding hydrogens is 381 g/mol. The van der Waals surface area contributed by atoms with Gasteiger partial charge in [-0.05, 0) is 41.1 Å². The third-order valence-corrected chi connectivity index (χ3v) is 4.91. The number of benzene rings is 1. The minimum Gasteiger partial charge on any atom is -0.496 e. The number of nitrogens with zero attached hydrogens (tertiary/aromatic N) is 1. The fourth-order valence-corrected chi connectivity index (χ4v) is 2.67. The van der Waals surface area contributed by atoms with E-state index in [0.717, 1.165) is 3.57 Å². The molecular formula is C13H15ClINO3. The SMILES string of the molecule is CCC1(O)CN(C(=O)c2cc(Cl)c(I)cc2OC)C1. The van der Waals surface area contributed by atoms with E-state index in [2.05, 4.69) is 22.6 Å². The van der Waals surface area contributed by atoms with Gasteiger partial charge in [0.05, 0.1) is 36.4 Å². The van der Waals surface area contributed by atoms with Crippen molar-refractivity contribution in [1.29, 1.82) is 0 Å². The smallest absolute Gasteiger partial charge is 0.257 e. The van der Waals surface area contributed by atoms with Crippen LogP contribution in [-0.2, 0) is 0 Å². The Morgan fingerprint density at radius 1 is 1.58 bits per heavy atom. The number of carbonyl (C=O) groups excluding carboxylic acids is 1. The molecule has 6 heteroatoms. The number of amides is 1. The van der Waals surface area contributed by atoms with Crippen molar-refractivity contribution in [2.75, 3.05) is 20.2 Å². The Labute approximate surface area is 130 Å². The number of rotatable bonds is 3. The van der Waals surface area contributed by atoms with Crippen LogP contribution in [0, 0.1) is 3.57 Å². The molecule has 4 nitrogen and oxygen atoms in total. The van der Waals surface area contributed by atoms with Crippen molar-refractivity contribution in [3.8, 4) is 5.75 Å². The van der Waals surface area contributed by atoms with Gasteiger partial charge >= 0.3 is 0 Å². The Morgan fingerprint density at radius 2 is 2.21 bits per heavy atom. The molecule has 2 rings (SSSR count). The Bertz CT molecular complexity index is 515. The van der Waals surface area contributed by atoms with Gasteiger partial charge in [-0.2, -0.15) is 0 Å². The summed E-state index contributed by atoms with van der Waals surface area (Å²) in [5, 5.41) is 10.5. The standard InChI is InChI=1S/C13H15ClINO3/c1-3-13(18)6-16(7-13)12(17)8-4-9(14)10(15)5-11(8)19-2/h4-5,18H,3,6-7H2,1-2H3. The van der Waals surface area contributed by atoms with Crippen LogP contribution in [0.5, 0.6) is 5.75 Å². The highest BCUT2D eigenvalue weighted by Gasteiger charge is 2.42. The first-order chi connectivity index (χ1) is 8.90. The van der Waals surface area contributed by atoms with Crippen molar-refractivity contribution in [2.24, 2.45) is 0 Å². The van der Waals surface area contributed by atoms with Gasteiger partial charge in [0.25, 0.3) is 5.91 Å². The third kappa shape index (κ3) is 2.83. The van der Waals surface area contributed by atoms with E-state index >= 15 is 0 Å². The number of likely N-dealkylation sites (tertiary alicyclic amines) is 1. The van der Waals surface area contributed by atoms with Crippen molar-refractivity contribution < 1.29 is 14.6 Å². The van der Waals surface area contributed by atoms with Crippen LogP contribution < -0.4 is 4.74 Å². The van der Waals surface area contributed by atoms with Gasteiger partial charge in [0.1, 0.15) is 5.75 Å². The van der Waals surface area contributed by atoms with Crippen molar-refractivity contribution in [2.45, 2.75) is 18.9 Å². The molecule has 0 aliphatic carbocycles. The number of ether oxygens (including phenoxy) is 1. The third-order valence-electron chi connectivity index (χ3n) is 3.39. The molecule has 1 aromatic rings. The van der Waals surface area contributed by atoms with Gasteiger partial charge in [-0.15, -0.1) is 0 Å². The molecule has 1 aliphatic heterocycles. The van der Waals surface area contributed by atoms with Gasteiger partial charge in [0.15, 0.2) is 0 Å². The zero-order valence-electron chi connectivity index (χ0n) is 10.7. The maximum atomic E-state index is 12.3. The number of halogens is 2. The van der Waals surface area contributed by atoms with Gasteiger partial charge in [-0.25, -0.2) is 0 Å². The second-order valence-corrected chi connectivity index (χ2v) is 6.28. The molecule has 0 atom stereocenters. The average molecular weight is 396 g/mol. The summed E-state index contributed by atoms with van der Waals surface area (Å²) >= 11 is 8.14. The summed E-state index contributed by atoms with van der Waals surface area (Å²) in [7, 11) is 1.52. The minimum atomic E-state index is -0.740. The molecule has 1 aliphatic rings. The highest BCUT2D eigenvalue weighted by Crippen LogP contribution is 2.32. The number of hydrogen-bond acceptors (Lipinski definition) is 3. The van der Waals surface area contributed by atoms with Gasteiger partial charge in [-0.1, -0.05) is 18.5 Å². The summed E-state index contributed by atoms with van der Waals surface area (Å²) in [6.45, 7) is 2.62. The molecule has 0 saturated carbocycles. The molecule has 0 unspecified atom stereocenters. The number of β-amino-alcohol motifs (C(OH)–C–C–N with tert-alkyl or cyclic N) is 1. The topological polar surface area (TPSA) is 49.8 Å². The van der Waals surface area contributed by atoms with E-state index in [9.17, 15) is 9.90 Å². The Hall–Kier alpha value is -0.530. The molecule has 1 amide bonds. The summed E-state index contributed by atoms with van der Waals surface area (Å²) in [6, 6.07) is 3.36. The van der Waals surface area contributed by atoms with Crippen molar-refractivity contribution in [1.82, 2.24) is 4.90 Å². The van der Waals surface area contributed by atoms with E-state index in [1.54, 1.807) is 17.0 Å². The van der Waals surface area contributed by atoms with E-state index in [-0.39, 0.29) is 5.91 Å². The fourth-order valence-electron chi connectivity index (χ4n) is 2.07. The van der Waals surface area contributed by atoms with Crippen molar-refractivity contribution in [3.63, 3.8) is 0 Å². The number of aliphatic hydroxyl groups is 1. The maximum absolute atomic E-state index is 12.3. The number of carbonyl (C=O) groups is 1. The van der Waals surface area contributed by atoms with Crippen LogP contribution in [0.1, 0.15) is 23.7 Å². The second-order valence-electron chi connectivity index (χ2n) is 4.71. The zero-order chi connectivity index (χ0) is 14.2. The van der Waals surface area contributed by atoms with Crippen LogP contribution in [0.25, 0.3) is 0 Å². The lowest BCUT2D eigenvalue weighted by Gasteiger charge is -2.46. The van der Waals surface area contributed by atoms with Crippen LogP contribution in [0.4, 0.5) is 0 Å². The maximum Gasteiger partial charge on any atom is 0.257 e. The monoisotopic (exact) mass is 395 g/mol. The van der Waals surface area contributed by atoms with E-state index in [1.807, 2.05) is 6.92 Å². The molecule has 1 heterocycles. The molecule has 1 aromatic carbocycles. The van der Waals surface area contributed by atoms with Gasteiger partial charge in [0, 0.05) is 3.57 Å². The van der Waals surface area contributed by atoms with E-state index < -0.39 is 5.60 Å².